The van der Waals surface area contributed by atoms with E-state index in [4.69, 9.17) is 0 Å². The lowest BCUT2D eigenvalue weighted by atomic mass is 10.3. The molecule has 2 N–H and O–H groups in total. The van der Waals surface area contributed by atoms with E-state index < -0.39 is 10.0 Å². The van der Waals surface area contributed by atoms with Crippen molar-refractivity contribution < 1.29 is 8.42 Å². The molecule has 0 spiro atoms. The Kier molecular flexibility index (Phi) is 3.43. The van der Waals surface area contributed by atoms with E-state index in [0.29, 0.717) is 6.42 Å². The third-order valence-electron chi connectivity index (χ3n) is 1.64. The largest absolute Gasteiger partial charge is 0.335 e. The van der Waals surface area contributed by atoms with Crippen molar-refractivity contribution in [3.05, 3.63) is 25.2 Å². The van der Waals surface area contributed by atoms with Crippen molar-refractivity contribution in [3.63, 3.8) is 0 Å². The van der Waals surface area contributed by atoms with Crippen molar-refractivity contribution in [2.75, 3.05) is 0 Å². The molecule has 0 aliphatic rings. The molecule has 1 aromatic heterocycles. The normalized spacial score (nSPS) is 13.8. The SMILES string of the molecule is C=CCC(C)NS(=O)(=O)c1cnc[nH]1. The van der Waals surface area contributed by atoms with Crippen LogP contribution in [0.25, 0.3) is 0 Å². The van der Waals surface area contributed by atoms with Gasteiger partial charge in [0.05, 0.1) is 12.5 Å². The van der Waals surface area contributed by atoms with Crippen molar-refractivity contribution in [3.8, 4) is 0 Å². The Hall–Kier alpha value is -1.14. The van der Waals surface area contributed by atoms with Crippen molar-refractivity contribution in [1.82, 2.24) is 14.7 Å². The molecule has 1 aromatic rings. The number of hydrogen-bond donors (Lipinski definition) is 2. The summed E-state index contributed by atoms with van der Waals surface area (Å²) in [5.74, 6) is 0. The maximum atomic E-state index is 11.6. The van der Waals surface area contributed by atoms with E-state index in [9.17, 15) is 8.42 Å². The Labute approximate surface area is 83.3 Å². The molecule has 0 bridgehead atoms. The fraction of sp³-hybridized carbons (Fsp3) is 0.375. The summed E-state index contributed by atoms with van der Waals surface area (Å²) in [5.41, 5.74) is 0. The van der Waals surface area contributed by atoms with Crippen molar-refractivity contribution >= 4 is 10.0 Å². The van der Waals surface area contributed by atoms with Crippen LogP contribution >= 0.6 is 0 Å². The summed E-state index contributed by atoms with van der Waals surface area (Å²) < 4.78 is 25.6. The summed E-state index contributed by atoms with van der Waals surface area (Å²) in [6.07, 6.45) is 4.85. The molecule has 1 rings (SSSR count). The van der Waals surface area contributed by atoms with Crippen LogP contribution in [-0.2, 0) is 10.0 Å². The Morgan fingerprint density at radius 1 is 1.79 bits per heavy atom. The van der Waals surface area contributed by atoms with E-state index in [1.165, 1.54) is 12.5 Å². The van der Waals surface area contributed by atoms with Gasteiger partial charge < -0.3 is 4.98 Å². The third-order valence-corrected chi connectivity index (χ3v) is 3.15. The standard InChI is InChI=1S/C8H13N3O2S/c1-3-4-7(2)11-14(12,13)8-5-9-6-10-8/h3,5-7,11H,1,4H2,2H3,(H,9,10). The zero-order chi connectivity index (χ0) is 10.6. The number of hydrogen-bond acceptors (Lipinski definition) is 3. The molecule has 0 aliphatic heterocycles. The van der Waals surface area contributed by atoms with Crippen LogP contribution in [0.1, 0.15) is 13.3 Å². The molecule has 0 amide bonds. The van der Waals surface area contributed by atoms with Gasteiger partial charge in [-0.2, -0.15) is 0 Å². The first-order chi connectivity index (χ1) is 6.56. The van der Waals surface area contributed by atoms with Crippen LogP contribution in [-0.4, -0.2) is 24.4 Å². The minimum absolute atomic E-state index is 0.0772. The zero-order valence-electron chi connectivity index (χ0n) is 7.90. The maximum Gasteiger partial charge on any atom is 0.257 e. The molecular weight excluding hydrogens is 202 g/mol. The van der Waals surface area contributed by atoms with Crippen LogP contribution in [0, 0.1) is 0 Å². The third kappa shape index (κ3) is 2.68. The van der Waals surface area contributed by atoms with E-state index >= 15 is 0 Å². The number of sulfonamides is 1. The van der Waals surface area contributed by atoms with Gasteiger partial charge in [0, 0.05) is 6.04 Å². The van der Waals surface area contributed by atoms with Gasteiger partial charge in [-0.1, -0.05) is 6.08 Å². The van der Waals surface area contributed by atoms with Crippen molar-refractivity contribution in [1.29, 1.82) is 0 Å². The topological polar surface area (TPSA) is 74.8 Å². The first-order valence-corrected chi connectivity index (χ1v) is 5.66. The second kappa shape index (κ2) is 4.39. The molecule has 14 heavy (non-hydrogen) atoms. The molecule has 5 nitrogen and oxygen atoms in total. The lowest BCUT2D eigenvalue weighted by Gasteiger charge is -2.10. The van der Waals surface area contributed by atoms with Crippen LogP contribution in [0.15, 0.2) is 30.2 Å². The Bertz CT molecular complexity index is 383. The monoisotopic (exact) mass is 215 g/mol. The molecule has 0 aromatic carbocycles. The van der Waals surface area contributed by atoms with Gasteiger partial charge in [0.25, 0.3) is 10.0 Å². The predicted octanol–water partition coefficient (Wildman–Crippen LogP) is 0.653. The number of H-pyrrole nitrogens is 1. The number of rotatable bonds is 5. The first kappa shape index (κ1) is 10.9. The molecule has 6 heteroatoms. The quantitative estimate of drug-likeness (QED) is 0.708. The van der Waals surface area contributed by atoms with Gasteiger partial charge >= 0.3 is 0 Å². The van der Waals surface area contributed by atoms with Crippen LogP contribution in [0.2, 0.25) is 0 Å². The number of nitrogens with zero attached hydrogens (tertiary/aromatic N) is 1. The summed E-state index contributed by atoms with van der Waals surface area (Å²) in [5, 5.41) is 0.0772. The lowest BCUT2D eigenvalue weighted by molar-refractivity contribution is 0.559. The van der Waals surface area contributed by atoms with Gasteiger partial charge in [0.1, 0.15) is 0 Å². The molecule has 0 radical (unpaired) electrons. The van der Waals surface area contributed by atoms with E-state index in [0.717, 1.165) is 0 Å². The van der Waals surface area contributed by atoms with Gasteiger partial charge in [-0.25, -0.2) is 18.1 Å². The Morgan fingerprint density at radius 3 is 3.00 bits per heavy atom. The van der Waals surface area contributed by atoms with Crippen LogP contribution in [0.3, 0.4) is 0 Å². The van der Waals surface area contributed by atoms with Crippen molar-refractivity contribution in [2.45, 2.75) is 24.4 Å². The number of nitrogens with one attached hydrogen (secondary N) is 2. The molecule has 1 heterocycles. The summed E-state index contributed by atoms with van der Waals surface area (Å²) in [6, 6.07) is -0.166. The van der Waals surface area contributed by atoms with Crippen molar-refractivity contribution in [2.24, 2.45) is 0 Å². The molecule has 0 fully saturated rings. The van der Waals surface area contributed by atoms with Crippen LogP contribution < -0.4 is 4.72 Å². The zero-order valence-corrected chi connectivity index (χ0v) is 8.71. The molecule has 1 atom stereocenters. The average molecular weight is 215 g/mol. The molecule has 0 aliphatic carbocycles. The van der Waals surface area contributed by atoms with Gasteiger partial charge in [0.2, 0.25) is 0 Å². The molecule has 78 valence electrons. The average Bonchev–Trinajstić information content (AvgIpc) is 2.54. The predicted molar refractivity (Wildman–Crippen MR) is 53.2 cm³/mol. The Balaban J connectivity index is 2.73. The highest BCUT2D eigenvalue weighted by atomic mass is 32.2. The lowest BCUT2D eigenvalue weighted by Crippen LogP contribution is -2.32. The Morgan fingerprint density at radius 2 is 2.50 bits per heavy atom. The van der Waals surface area contributed by atoms with Gasteiger partial charge in [-0.05, 0) is 13.3 Å². The minimum atomic E-state index is -3.45. The molecular formula is C8H13N3O2S. The summed E-state index contributed by atoms with van der Waals surface area (Å²) in [4.78, 5) is 6.18. The van der Waals surface area contributed by atoms with E-state index in [1.807, 2.05) is 0 Å². The second-order valence-electron chi connectivity index (χ2n) is 2.96. The van der Waals surface area contributed by atoms with E-state index in [1.54, 1.807) is 13.0 Å². The van der Waals surface area contributed by atoms with Gasteiger partial charge in [-0.3, -0.25) is 0 Å². The maximum absolute atomic E-state index is 11.6. The number of aromatic amines is 1. The van der Waals surface area contributed by atoms with Crippen LogP contribution in [0.4, 0.5) is 0 Å². The highest BCUT2D eigenvalue weighted by Gasteiger charge is 2.17. The summed E-state index contributed by atoms with van der Waals surface area (Å²) in [7, 11) is -3.45. The van der Waals surface area contributed by atoms with Crippen LogP contribution in [0.5, 0.6) is 0 Å². The minimum Gasteiger partial charge on any atom is -0.335 e. The number of imidazole rings is 1. The highest BCUT2D eigenvalue weighted by Crippen LogP contribution is 2.04. The molecule has 1 unspecified atom stereocenters. The smallest absolute Gasteiger partial charge is 0.257 e. The highest BCUT2D eigenvalue weighted by molar-refractivity contribution is 7.89. The van der Waals surface area contributed by atoms with Gasteiger partial charge in [-0.15, -0.1) is 6.58 Å². The fourth-order valence-corrected chi connectivity index (χ4v) is 2.18. The molecule has 0 saturated carbocycles. The fourth-order valence-electron chi connectivity index (χ4n) is 1.02. The van der Waals surface area contributed by atoms with Gasteiger partial charge in [0.15, 0.2) is 5.03 Å². The first-order valence-electron chi connectivity index (χ1n) is 4.18. The summed E-state index contributed by atoms with van der Waals surface area (Å²) >= 11 is 0. The molecule has 0 saturated heterocycles. The number of aromatic nitrogens is 2. The van der Waals surface area contributed by atoms with E-state index in [2.05, 4.69) is 21.3 Å². The van der Waals surface area contributed by atoms with E-state index in [-0.39, 0.29) is 11.1 Å². The summed E-state index contributed by atoms with van der Waals surface area (Å²) in [6.45, 7) is 5.31. The second-order valence-corrected chi connectivity index (χ2v) is 4.64.